The lowest BCUT2D eigenvalue weighted by Gasteiger charge is -2.23. The van der Waals surface area contributed by atoms with Crippen LogP contribution in [0.1, 0.15) is 41.2 Å². The second-order valence-corrected chi connectivity index (χ2v) is 7.94. The summed E-state index contributed by atoms with van der Waals surface area (Å²) in [5, 5.41) is 9.38. The van der Waals surface area contributed by atoms with Gasteiger partial charge < -0.3 is 24.1 Å². The van der Waals surface area contributed by atoms with Crippen molar-refractivity contribution in [2.45, 2.75) is 58.8 Å². The summed E-state index contributed by atoms with van der Waals surface area (Å²) in [6.07, 6.45) is 1.51. The van der Waals surface area contributed by atoms with E-state index in [-0.39, 0.29) is 25.1 Å². The van der Waals surface area contributed by atoms with Crippen LogP contribution in [0.3, 0.4) is 0 Å². The number of benzene rings is 2. The van der Waals surface area contributed by atoms with Crippen LogP contribution in [-0.4, -0.2) is 37.3 Å². The molecule has 1 saturated heterocycles. The Balaban J connectivity index is 1.89. The number of hydrogen-bond donors (Lipinski definition) is 1. The van der Waals surface area contributed by atoms with Crippen molar-refractivity contribution in [1.29, 1.82) is 0 Å². The van der Waals surface area contributed by atoms with Gasteiger partial charge in [0.25, 0.3) is 0 Å². The molecule has 1 aliphatic rings. The van der Waals surface area contributed by atoms with E-state index in [4.69, 9.17) is 18.9 Å². The summed E-state index contributed by atoms with van der Waals surface area (Å²) in [5.41, 5.74) is 5.20. The van der Waals surface area contributed by atoms with Crippen molar-refractivity contribution in [3.8, 4) is 11.5 Å². The predicted molar refractivity (Wildman–Crippen MR) is 113 cm³/mol. The molecule has 0 saturated carbocycles. The van der Waals surface area contributed by atoms with Gasteiger partial charge in [0.1, 0.15) is 24.2 Å². The Labute approximate surface area is 173 Å². The molecule has 0 aromatic heterocycles. The Morgan fingerprint density at radius 1 is 1.00 bits per heavy atom. The van der Waals surface area contributed by atoms with E-state index in [9.17, 15) is 5.11 Å². The smallest absolute Gasteiger partial charge is 0.188 e. The van der Waals surface area contributed by atoms with Crippen molar-refractivity contribution in [1.82, 2.24) is 0 Å². The molecule has 158 valence electrons. The maximum absolute atomic E-state index is 9.38. The molecule has 2 aromatic carbocycles. The van der Waals surface area contributed by atoms with Gasteiger partial charge in [0.15, 0.2) is 6.79 Å². The number of methoxy groups -OCH3 is 1. The highest BCUT2D eigenvalue weighted by Crippen LogP contribution is 2.43. The zero-order valence-corrected chi connectivity index (χ0v) is 18.1. The first kappa shape index (κ1) is 21.6. The molecule has 0 aliphatic carbocycles. The molecular formula is C24H32O5. The first-order valence-electron chi connectivity index (χ1n) is 10.1. The van der Waals surface area contributed by atoms with Gasteiger partial charge in [-0.3, -0.25) is 0 Å². The van der Waals surface area contributed by atoms with Crippen LogP contribution in [0.25, 0.3) is 0 Å². The topological polar surface area (TPSA) is 60.5 Å². The Morgan fingerprint density at radius 3 is 2.31 bits per heavy atom. The average molecular weight is 401 g/mol. The van der Waals surface area contributed by atoms with Crippen molar-refractivity contribution in [3.63, 3.8) is 0 Å². The molecule has 29 heavy (non-hydrogen) atoms. The predicted octanol–water partition coefficient (Wildman–Crippen LogP) is 4.26. The fraction of sp³-hybridized carbons (Fsp3) is 0.500. The van der Waals surface area contributed by atoms with Crippen LogP contribution in [0.15, 0.2) is 30.3 Å². The van der Waals surface area contributed by atoms with Crippen molar-refractivity contribution in [2.24, 2.45) is 0 Å². The molecule has 5 heteroatoms. The monoisotopic (exact) mass is 400 g/mol. The van der Waals surface area contributed by atoms with Gasteiger partial charge >= 0.3 is 0 Å². The van der Waals surface area contributed by atoms with Gasteiger partial charge in [-0.15, -0.1) is 0 Å². The Kier molecular flexibility index (Phi) is 6.83. The van der Waals surface area contributed by atoms with E-state index in [2.05, 4.69) is 32.9 Å². The van der Waals surface area contributed by atoms with Gasteiger partial charge in [0.2, 0.25) is 0 Å². The molecule has 1 aliphatic heterocycles. The standard InChI is InChI=1S/C24H32O5/c1-16-17(2)23(28-15-26-5)20(11-12-24(4)21(13-25)29-24)18(3)22(16)27-14-19-9-7-6-8-10-19/h6-10,21,25H,11-15H2,1-5H3/t21-,24-/m0/s1. The third-order valence-electron chi connectivity index (χ3n) is 5.93. The lowest BCUT2D eigenvalue weighted by Crippen LogP contribution is -2.15. The van der Waals surface area contributed by atoms with Crippen LogP contribution in [0, 0.1) is 20.8 Å². The van der Waals surface area contributed by atoms with Gasteiger partial charge in [0, 0.05) is 12.7 Å². The fourth-order valence-corrected chi connectivity index (χ4v) is 3.83. The highest BCUT2D eigenvalue weighted by molar-refractivity contribution is 5.58. The van der Waals surface area contributed by atoms with Crippen LogP contribution in [0.2, 0.25) is 0 Å². The SMILES string of the molecule is COCOc1c(C)c(C)c(OCc2ccccc2)c(C)c1CC[C@]1(C)O[C@H]1CO. The molecule has 0 radical (unpaired) electrons. The molecule has 0 amide bonds. The van der Waals surface area contributed by atoms with Crippen molar-refractivity contribution >= 4 is 0 Å². The Hall–Kier alpha value is -2.08. The Morgan fingerprint density at radius 2 is 1.69 bits per heavy atom. The molecule has 1 fully saturated rings. The highest BCUT2D eigenvalue weighted by atomic mass is 16.7. The van der Waals surface area contributed by atoms with Gasteiger partial charge in [-0.1, -0.05) is 30.3 Å². The van der Waals surface area contributed by atoms with E-state index in [0.717, 1.165) is 52.2 Å². The van der Waals surface area contributed by atoms with E-state index >= 15 is 0 Å². The van der Waals surface area contributed by atoms with Gasteiger partial charge in [-0.2, -0.15) is 0 Å². The first-order chi connectivity index (χ1) is 13.9. The van der Waals surface area contributed by atoms with E-state index in [0.29, 0.717) is 6.61 Å². The second-order valence-electron chi connectivity index (χ2n) is 7.94. The van der Waals surface area contributed by atoms with Crippen LogP contribution in [0.4, 0.5) is 0 Å². The van der Waals surface area contributed by atoms with Gasteiger partial charge in [-0.05, 0) is 62.8 Å². The van der Waals surface area contributed by atoms with Crippen LogP contribution < -0.4 is 9.47 Å². The average Bonchev–Trinajstić information content (AvgIpc) is 3.40. The third-order valence-corrected chi connectivity index (χ3v) is 5.93. The molecular weight excluding hydrogens is 368 g/mol. The van der Waals surface area contributed by atoms with Crippen LogP contribution >= 0.6 is 0 Å². The molecule has 0 unspecified atom stereocenters. The Bertz CT molecular complexity index is 833. The molecule has 2 atom stereocenters. The maximum atomic E-state index is 9.38. The number of hydrogen-bond acceptors (Lipinski definition) is 5. The van der Waals surface area contributed by atoms with Crippen molar-refractivity contribution in [3.05, 3.63) is 58.1 Å². The van der Waals surface area contributed by atoms with E-state index in [1.807, 2.05) is 25.1 Å². The summed E-state index contributed by atoms with van der Waals surface area (Å²) in [4.78, 5) is 0. The summed E-state index contributed by atoms with van der Waals surface area (Å²) in [6.45, 7) is 9.04. The number of rotatable bonds is 10. The molecule has 1 heterocycles. The van der Waals surface area contributed by atoms with Crippen molar-refractivity contribution in [2.75, 3.05) is 20.5 Å². The quantitative estimate of drug-likeness (QED) is 0.477. The summed E-state index contributed by atoms with van der Waals surface area (Å²) < 4.78 is 23.1. The summed E-state index contributed by atoms with van der Waals surface area (Å²) in [6, 6.07) is 10.2. The van der Waals surface area contributed by atoms with Gasteiger partial charge in [0.05, 0.1) is 12.2 Å². The molecule has 2 aromatic rings. The van der Waals surface area contributed by atoms with E-state index < -0.39 is 0 Å². The normalized spacial score (nSPS) is 20.6. The second kappa shape index (κ2) is 9.16. The maximum Gasteiger partial charge on any atom is 0.188 e. The lowest BCUT2D eigenvalue weighted by molar-refractivity contribution is 0.0497. The van der Waals surface area contributed by atoms with Crippen LogP contribution in [-0.2, 0) is 22.5 Å². The van der Waals surface area contributed by atoms with Gasteiger partial charge in [-0.25, -0.2) is 0 Å². The summed E-state index contributed by atoms with van der Waals surface area (Å²) in [5.74, 6) is 1.77. The lowest BCUT2D eigenvalue weighted by atomic mass is 9.91. The number of aliphatic hydroxyl groups excluding tert-OH is 1. The molecule has 0 bridgehead atoms. The molecule has 5 nitrogen and oxygen atoms in total. The summed E-state index contributed by atoms with van der Waals surface area (Å²) >= 11 is 0. The highest BCUT2D eigenvalue weighted by Gasteiger charge is 2.51. The van der Waals surface area contributed by atoms with E-state index in [1.165, 1.54) is 0 Å². The molecule has 3 rings (SSSR count). The minimum Gasteiger partial charge on any atom is -0.488 e. The zero-order chi connectivity index (χ0) is 21.0. The third kappa shape index (κ3) is 4.74. The molecule has 1 N–H and O–H groups in total. The minimum absolute atomic E-state index is 0.0564. The van der Waals surface area contributed by atoms with E-state index in [1.54, 1.807) is 7.11 Å². The summed E-state index contributed by atoms with van der Waals surface area (Å²) in [7, 11) is 1.62. The first-order valence-corrected chi connectivity index (χ1v) is 10.1. The largest absolute Gasteiger partial charge is 0.488 e. The zero-order valence-electron chi connectivity index (χ0n) is 18.1. The number of ether oxygens (including phenoxy) is 4. The number of epoxide rings is 1. The molecule has 0 spiro atoms. The minimum atomic E-state index is -0.274. The number of aliphatic hydroxyl groups is 1. The van der Waals surface area contributed by atoms with Crippen molar-refractivity contribution < 1.29 is 24.1 Å². The van der Waals surface area contributed by atoms with Crippen LogP contribution in [0.5, 0.6) is 11.5 Å². The fourth-order valence-electron chi connectivity index (χ4n) is 3.83.